The van der Waals surface area contributed by atoms with Crippen LogP contribution in [0.4, 0.5) is 22.7 Å². The van der Waals surface area contributed by atoms with E-state index in [0.717, 1.165) is 47.3 Å². The Labute approximate surface area is 335 Å². The van der Waals surface area contributed by atoms with E-state index in [2.05, 4.69) is 112 Å². The molecule has 1 N–H and O–H groups in total. The molecule has 8 rings (SSSR count). The first-order valence-electron chi connectivity index (χ1n) is 19.7. The molecule has 0 atom stereocenters. The standard InChI is InChI=1S/C50H48N4O3/c1-30-16-18-39(19-17-30)51-29-43-40(20-21-44(49(43)55)54(56)57)42-28-38-14-11-15-41(46(38)45(42)37-12-9-8-10-13-37)50-52(47-33(4)24-31(2)25-34(47)5)22-23-53(50)48-35(6)26-32(3)27-36(48)7/h8-14,16-21,24-27,29,55H,15,22-23,28H2,1-7H3. The molecule has 0 amide bonds. The number of benzene rings is 5. The zero-order valence-corrected chi connectivity index (χ0v) is 33.8. The second kappa shape index (κ2) is 14.9. The molecule has 5 aromatic rings. The minimum absolute atomic E-state index is 0.326. The van der Waals surface area contributed by atoms with Gasteiger partial charge in [-0.15, -0.1) is 0 Å². The van der Waals surface area contributed by atoms with E-state index >= 15 is 0 Å². The van der Waals surface area contributed by atoms with Crippen molar-refractivity contribution in [1.29, 1.82) is 0 Å². The van der Waals surface area contributed by atoms with Crippen LogP contribution in [-0.2, 0) is 0 Å². The lowest BCUT2D eigenvalue weighted by molar-refractivity contribution is -0.385. The Morgan fingerprint density at radius 1 is 0.702 bits per heavy atom. The summed E-state index contributed by atoms with van der Waals surface area (Å²) in [6.45, 7) is 16.9. The Kier molecular flexibility index (Phi) is 9.78. The zero-order chi connectivity index (χ0) is 40.1. The lowest BCUT2D eigenvalue weighted by atomic mass is 9.85. The molecule has 1 heterocycles. The van der Waals surface area contributed by atoms with Gasteiger partial charge >= 0.3 is 5.69 Å². The Morgan fingerprint density at radius 2 is 1.28 bits per heavy atom. The highest BCUT2D eigenvalue weighted by atomic mass is 16.6. The number of aliphatic imine (C=N–C) groups is 1. The molecule has 5 aromatic carbocycles. The second-order valence-electron chi connectivity index (χ2n) is 15.7. The molecule has 1 aliphatic heterocycles. The molecule has 7 nitrogen and oxygen atoms in total. The van der Waals surface area contributed by atoms with Crippen LogP contribution >= 0.6 is 0 Å². The minimum atomic E-state index is -0.536. The molecule has 0 radical (unpaired) electrons. The molecule has 1 saturated heterocycles. The number of aromatic hydroxyl groups is 1. The average Bonchev–Trinajstić information content (AvgIpc) is 3.76. The van der Waals surface area contributed by atoms with E-state index in [-0.39, 0.29) is 5.69 Å². The highest BCUT2D eigenvalue weighted by Gasteiger charge is 2.38. The van der Waals surface area contributed by atoms with E-state index in [4.69, 9.17) is 4.99 Å². The van der Waals surface area contributed by atoms with Gasteiger partial charge in [0.25, 0.3) is 0 Å². The van der Waals surface area contributed by atoms with E-state index in [9.17, 15) is 15.2 Å². The summed E-state index contributed by atoms with van der Waals surface area (Å²) in [5, 5.41) is 23.8. The van der Waals surface area contributed by atoms with Gasteiger partial charge in [0.15, 0.2) is 0 Å². The Morgan fingerprint density at radius 3 is 1.84 bits per heavy atom. The van der Waals surface area contributed by atoms with Crippen LogP contribution in [-0.4, -0.2) is 29.3 Å². The average molecular weight is 753 g/mol. The third-order valence-corrected chi connectivity index (χ3v) is 11.5. The number of nitro groups is 1. The van der Waals surface area contributed by atoms with Crippen LogP contribution in [0.5, 0.6) is 5.75 Å². The summed E-state index contributed by atoms with van der Waals surface area (Å²) in [6, 6.07) is 30.5. The van der Waals surface area contributed by atoms with Gasteiger partial charge in [-0.3, -0.25) is 15.1 Å². The number of phenolic OH excluding ortho intramolecular Hbond substituents is 1. The molecule has 0 bridgehead atoms. The number of allylic oxidation sites excluding steroid dienone is 7. The number of nitrogens with zero attached hydrogens (tertiary/aromatic N) is 4. The largest absolute Gasteiger partial charge is 0.502 e. The zero-order valence-electron chi connectivity index (χ0n) is 33.8. The van der Waals surface area contributed by atoms with E-state index in [1.807, 2.05) is 37.3 Å². The molecule has 3 aliphatic rings. The molecule has 7 heteroatoms. The number of hydrogen-bond donors (Lipinski definition) is 1. The van der Waals surface area contributed by atoms with Gasteiger partial charge in [-0.05, 0) is 135 Å². The van der Waals surface area contributed by atoms with E-state index < -0.39 is 10.7 Å². The van der Waals surface area contributed by atoms with E-state index in [1.54, 1.807) is 12.3 Å². The first-order valence-corrected chi connectivity index (χ1v) is 19.7. The summed E-state index contributed by atoms with van der Waals surface area (Å²) in [6.07, 6.45) is 7.41. The Bertz CT molecular complexity index is 2510. The lowest BCUT2D eigenvalue weighted by Crippen LogP contribution is -2.28. The minimum Gasteiger partial charge on any atom is -0.502 e. The predicted octanol–water partition coefficient (Wildman–Crippen LogP) is 12.0. The number of nitro benzene ring substituents is 1. The summed E-state index contributed by atoms with van der Waals surface area (Å²) in [4.78, 5) is 21.5. The maximum absolute atomic E-state index is 12.2. The number of rotatable bonds is 7. The summed E-state index contributed by atoms with van der Waals surface area (Å²) in [5.74, 6) is 0.787. The van der Waals surface area contributed by atoms with Crippen LogP contribution < -0.4 is 9.80 Å². The number of anilines is 2. The Hall–Kier alpha value is -6.47. The van der Waals surface area contributed by atoms with Crippen LogP contribution in [0.15, 0.2) is 131 Å². The molecular formula is C50H48N4O3. The summed E-state index contributed by atoms with van der Waals surface area (Å²) < 4.78 is 0. The van der Waals surface area contributed by atoms with Crippen molar-refractivity contribution in [2.45, 2.75) is 61.3 Å². The van der Waals surface area contributed by atoms with Crippen molar-refractivity contribution in [3.05, 3.63) is 191 Å². The van der Waals surface area contributed by atoms with Crippen molar-refractivity contribution in [3.63, 3.8) is 0 Å². The van der Waals surface area contributed by atoms with Crippen molar-refractivity contribution in [2.75, 3.05) is 22.9 Å². The molecule has 286 valence electrons. The Balaban J connectivity index is 1.41. The molecule has 0 aromatic heterocycles. The fourth-order valence-electron chi connectivity index (χ4n) is 9.37. The third-order valence-electron chi connectivity index (χ3n) is 11.5. The first kappa shape index (κ1) is 37.5. The van der Waals surface area contributed by atoms with Crippen molar-refractivity contribution >= 4 is 40.1 Å². The third kappa shape index (κ3) is 6.77. The van der Waals surface area contributed by atoms with Crippen molar-refractivity contribution in [2.24, 2.45) is 4.99 Å². The quantitative estimate of drug-likeness (QED) is 0.102. The normalized spacial score (nSPS) is 15.5. The SMILES string of the molecule is Cc1ccc(N=Cc2c(C3=C(c4ccccc4)C4=C(C=CCC4=C4N(c5c(C)cc(C)cc5C)CCN4c4c(C)cc(C)cc4C)C3)ccc([N+](=O)[O-])c2O)cc1. The highest BCUT2D eigenvalue weighted by Crippen LogP contribution is 2.53. The fourth-order valence-corrected chi connectivity index (χ4v) is 9.37. The number of aryl methyl sites for hydroxylation is 7. The monoisotopic (exact) mass is 752 g/mol. The predicted molar refractivity (Wildman–Crippen MR) is 235 cm³/mol. The maximum atomic E-state index is 12.2. The van der Waals surface area contributed by atoms with Crippen LogP contribution in [0.2, 0.25) is 0 Å². The van der Waals surface area contributed by atoms with Crippen LogP contribution in [0, 0.1) is 58.6 Å². The topological polar surface area (TPSA) is 82.2 Å². The molecule has 0 spiro atoms. The molecule has 57 heavy (non-hydrogen) atoms. The number of phenols is 1. The first-order chi connectivity index (χ1) is 27.4. The van der Waals surface area contributed by atoms with Gasteiger partial charge in [-0.1, -0.05) is 95.6 Å². The molecule has 0 saturated carbocycles. The summed E-state index contributed by atoms with van der Waals surface area (Å²) in [5.41, 5.74) is 19.1. The molecule has 2 aliphatic carbocycles. The van der Waals surface area contributed by atoms with Crippen molar-refractivity contribution < 1.29 is 10.0 Å². The second-order valence-corrected chi connectivity index (χ2v) is 15.7. The molecule has 0 unspecified atom stereocenters. The van der Waals surface area contributed by atoms with Gasteiger partial charge in [0, 0.05) is 47.9 Å². The van der Waals surface area contributed by atoms with Gasteiger partial charge in [-0.25, -0.2) is 0 Å². The van der Waals surface area contributed by atoms with Gasteiger partial charge in [0.05, 0.1) is 10.6 Å². The highest BCUT2D eigenvalue weighted by molar-refractivity contribution is 6.09. The summed E-state index contributed by atoms with van der Waals surface area (Å²) >= 11 is 0. The van der Waals surface area contributed by atoms with E-state index in [0.29, 0.717) is 17.7 Å². The molecular weight excluding hydrogens is 705 g/mol. The van der Waals surface area contributed by atoms with Crippen molar-refractivity contribution in [1.82, 2.24) is 0 Å². The summed E-state index contributed by atoms with van der Waals surface area (Å²) in [7, 11) is 0. The van der Waals surface area contributed by atoms with Crippen LogP contribution in [0.3, 0.4) is 0 Å². The van der Waals surface area contributed by atoms with Crippen LogP contribution in [0.1, 0.15) is 68.5 Å². The van der Waals surface area contributed by atoms with E-state index in [1.165, 1.54) is 73.4 Å². The van der Waals surface area contributed by atoms with Gasteiger partial charge in [-0.2, -0.15) is 0 Å². The van der Waals surface area contributed by atoms with Gasteiger partial charge in [0.1, 0.15) is 5.82 Å². The van der Waals surface area contributed by atoms with Crippen molar-refractivity contribution in [3.8, 4) is 5.75 Å². The van der Waals surface area contributed by atoms with Gasteiger partial charge in [0.2, 0.25) is 5.75 Å². The van der Waals surface area contributed by atoms with Crippen LogP contribution in [0.25, 0.3) is 11.1 Å². The van der Waals surface area contributed by atoms with Gasteiger partial charge < -0.3 is 14.9 Å². The maximum Gasteiger partial charge on any atom is 0.311 e. The lowest BCUT2D eigenvalue weighted by Gasteiger charge is -2.33. The fraction of sp³-hybridized carbons (Fsp3) is 0.220. The smallest absolute Gasteiger partial charge is 0.311 e. The number of hydrogen-bond acceptors (Lipinski definition) is 6. The molecule has 1 fully saturated rings.